The molecular weight excluding hydrogens is 693 g/mol. The van der Waals surface area contributed by atoms with E-state index in [2.05, 4.69) is 158 Å². The van der Waals surface area contributed by atoms with Gasteiger partial charge in [0.15, 0.2) is 12.3 Å². The van der Waals surface area contributed by atoms with Crippen LogP contribution in [0.1, 0.15) is 70.9 Å². The molecule has 6 rings (SSSR count). The van der Waals surface area contributed by atoms with Crippen molar-refractivity contribution in [2.75, 3.05) is 83.9 Å². The van der Waals surface area contributed by atoms with Crippen molar-refractivity contribution in [2.24, 2.45) is 0 Å². The highest BCUT2D eigenvalue weighted by molar-refractivity contribution is 6.03. The van der Waals surface area contributed by atoms with Crippen molar-refractivity contribution in [1.82, 2.24) is 0 Å². The molecule has 3 N–H and O–H groups in total. The van der Waals surface area contributed by atoms with Crippen LogP contribution in [0.2, 0.25) is 0 Å². The first kappa shape index (κ1) is 41.2. The van der Waals surface area contributed by atoms with Crippen molar-refractivity contribution >= 4 is 28.5 Å². The number of hydrogen-bond donors (Lipinski definition) is 3. The molecule has 3 aliphatic rings. The van der Waals surface area contributed by atoms with Gasteiger partial charge in [-0.2, -0.15) is 4.58 Å². The predicted molar refractivity (Wildman–Crippen MR) is 233 cm³/mol. The fourth-order valence-corrected chi connectivity index (χ4v) is 8.80. The molecule has 3 aromatic rings. The molecule has 0 spiro atoms. The van der Waals surface area contributed by atoms with E-state index in [-0.39, 0.29) is 16.1 Å². The number of rotatable bonds is 14. The van der Waals surface area contributed by atoms with E-state index in [1.807, 2.05) is 12.1 Å². The molecule has 0 atom stereocenters. The van der Waals surface area contributed by atoms with Crippen molar-refractivity contribution < 1.29 is 24.0 Å². The standard InChI is InChI=1S/C48H66N6O2/c1-47(2)40-23-11-13-25-42(40)50(31-17-33-53(5,6)7)44(47)29-27-36-19-15-20-37(46(36)49-38-21-16-22-39(35-38)52(55)56)28-30-45-48(3,4)41-24-12-14-26-43(41)51(45)32-18-34-54(8,9)10/h11-14,16,21-30,35,55-56H,15,17-20,31-34H2,1-10H3/q+2/p+1/b36-27+,44-29+. The van der Waals surface area contributed by atoms with Gasteiger partial charge in [0.25, 0.3) is 0 Å². The molecule has 2 aliphatic heterocycles. The van der Waals surface area contributed by atoms with Crippen LogP contribution in [-0.4, -0.2) is 98.1 Å². The molecule has 0 saturated heterocycles. The van der Waals surface area contributed by atoms with Gasteiger partial charge in [-0.25, -0.2) is 0 Å². The fourth-order valence-electron chi connectivity index (χ4n) is 8.80. The summed E-state index contributed by atoms with van der Waals surface area (Å²) in [6.45, 7) is 13.6. The minimum Gasteiger partial charge on any atom is -0.355 e. The monoisotopic (exact) mass is 760 g/mol. The number of nitrogens with one attached hydrogen (secondary N) is 1. The van der Waals surface area contributed by atoms with Crippen molar-refractivity contribution in [3.63, 3.8) is 0 Å². The molecule has 0 amide bonds. The van der Waals surface area contributed by atoms with Gasteiger partial charge in [-0.15, -0.1) is 5.23 Å². The number of hydrogen-bond acceptors (Lipinski definition) is 5. The molecule has 2 heterocycles. The average molecular weight is 760 g/mol. The Balaban J connectivity index is 1.44. The average Bonchev–Trinajstić information content (AvgIpc) is 3.48. The molecule has 0 fully saturated rings. The van der Waals surface area contributed by atoms with Crippen LogP contribution in [0.15, 0.2) is 120 Å². The van der Waals surface area contributed by atoms with Crippen molar-refractivity contribution in [1.29, 1.82) is 0 Å². The molecule has 1 aliphatic carbocycles. The number of para-hydroxylation sites is 2. The lowest BCUT2D eigenvalue weighted by atomic mass is 9.81. The lowest BCUT2D eigenvalue weighted by Gasteiger charge is -2.29. The molecule has 0 aromatic heterocycles. The lowest BCUT2D eigenvalue weighted by molar-refractivity contribution is -0.871. The molecule has 56 heavy (non-hydrogen) atoms. The lowest BCUT2D eigenvalue weighted by Crippen LogP contribution is -2.37. The SMILES string of the molecule is CC1(C)C(/C=C/C2=C(Nc3cccc(N(O)O)c3)C(=C/C=C3/N(CCC[N+](C)(C)C)c4ccccc4C3(C)C)/CCC2)=[N+](CCC[N+](C)(C)C)c2ccccc21. The first-order chi connectivity index (χ1) is 26.4. The van der Waals surface area contributed by atoms with Crippen LogP contribution in [0.5, 0.6) is 0 Å². The predicted octanol–water partition coefficient (Wildman–Crippen LogP) is 9.55. The second-order valence-corrected chi connectivity index (χ2v) is 19.0. The Morgan fingerprint density at radius 3 is 2.16 bits per heavy atom. The number of nitrogens with zero attached hydrogens (tertiary/aromatic N) is 5. The van der Waals surface area contributed by atoms with Gasteiger partial charge >= 0.3 is 0 Å². The summed E-state index contributed by atoms with van der Waals surface area (Å²) in [6.07, 6.45) is 14.5. The molecule has 0 bridgehead atoms. The van der Waals surface area contributed by atoms with Crippen LogP contribution < -0.4 is 15.4 Å². The van der Waals surface area contributed by atoms with E-state index in [9.17, 15) is 10.4 Å². The Labute approximate surface area is 336 Å². The van der Waals surface area contributed by atoms with Crippen LogP contribution in [0.4, 0.5) is 22.7 Å². The Bertz CT molecular complexity index is 2070. The Morgan fingerprint density at radius 1 is 0.768 bits per heavy atom. The van der Waals surface area contributed by atoms with Gasteiger partial charge in [-0.3, -0.25) is 10.4 Å². The first-order valence-electron chi connectivity index (χ1n) is 20.5. The summed E-state index contributed by atoms with van der Waals surface area (Å²) in [7, 11) is 13.6. The summed E-state index contributed by atoms with van der Waals surface area (Å²) in [5.41, 5.74) is 12.4. The second kappa shape index (κ2) is 16.2. The first-order valence-corrected chi connectivity index (χ1v) is 20.5. The molecule has 0 saturated carbocycles. The Kier molecular flexibility index (Phi) is 11.9. The molecule has 0 unspecified atom stereocenters. The van der Waals surface area contributed by atoms with E-state index in [0.29, 0.717) is 5.69 Å². The highest BCUT2D eigenvalue weighted by atomic mass is 16.8. The van der Waals surface area contributed by atoms with Crippen molar-refractivity contribution in [3.05, 3.63) is 131 Å². The van der Waals surface area contributed by atoms with E-state index in [1.54, 1.807) is 12.1 Å². The van der Waals surface area contributed by atoms with Gasteiger partial charge in [0.1, 0.15) is 0 Å². The zero-order chi connectivity index (χ0) is 40.5. The zero-order valence-corrected chi connectivity index (χ0v) is 35.7. The van der Waals surface area contributed by atoms with Crippen LogP contribution in [-0.2, 0) is 10.8 Å². The van der Waals surface area contributed by atoms with Gasteiger partial charge < -0.3 is 19.2 Å². The fraction of sp³-hybridized carbons (Fsp3) is 0.438. The van der Waals surface area contributed by atoms with Gasteiger partial charge in [-0.05, 0) is 80.2 Å². The largest absolute Gasteiger partial charge is 0.355 e. The molecular formula is C48H67N6O2+3. The maximum Gasteiger partial charge on any atom is 0.209 e. The van der Waals surface area contributed by atoms with Gasteiger partial charge in [0.05, 0.1) is 72.9 Å². The highest BCUT2D eigenvalue weighted by Crippen LogP contribution is 2.48. The van der Waals surface area contributed by atoms with Gasteiger partial charge in [0, 0.05) is 58.9 Å². The number of allylic oxidation sites excluding steroid dienone is 7. The van der Waals surface area contributed by atoms with Gasteiger partial charge in [0.2, 0.25) is 5.69 Å². The number of anilines is 3. The van der Waals surface area contributed by atoms with Crippen LogP contribution in [0.25, 0.3) is 0 Å². The van der Waals surface area contributed by atoms with Crippen molar-refractivity contribution in [3.8, 4) is 0 Å². The summed E-state index contributed by atoms with van der Waals surface area (Å²) in [5.74, 6) is 0. The smallest absolute Gasteiger partial charge is 0.209 e. The van der Waals surface area contributed by atoms with Crippen LogP contribution >= 0.6 is 0 Å². The molecule has 298 valence electrons. The van der Waals surface area contributed by atoms with E-state index < -0.39 is 0 Å². The third kappa shape index (κ3) is 9.05. The van der Waals surface area contributed by atoms with Gasteiger partial charge in [-0.1, -0.05) is 68.5 Å². The number of fused-ring (bicyclic) bond motifs is 2. The minimum atomic E-state index is -0.145. The molecule has 8 nitrogen and oxygen atoms in total. The number of benzene rings is 3. The van der Waals surface area contributed by atoms with Crippen LogP contribution in [0, 0.1) is 0 Å². The minimum absolute atomic E-state index is 0.145. The van der Waals surface area contributed by atoms with Crippen molar-refractivity contribution in [2.45, 2.75) is 70.6 Å². The third-order valence-electron chi connectivity index (χ3n) is 11.8. The topological polar surface area (TPSA) is 62.0 Å². The highest BCUT2D eigenvalue weighted by Gasteiger charge is 2.44. The zero-order valence-electron chi connectivity index (χ0n) is 35.7. The third-order valence-corrected chi connectivity index (χ3v) is 11.8. The number of quaternary nitrogens is 2. The summed E-state index contributed by atoms with van der Waals surface area (Å²) in [5, 5.41) is 23.7. The molecule has 8 heteroatoms. The second-order valence-electron chi connectivity index (χ2n) is 19.0. The van der Waals surface area contributed by atoms with E-state index in [0.717, 1.165) is 78.6 Å². The molecule has 3 aromatic carbocycles. The Hall–Kier alpha value is -4.47. The molecule has 0 radical (unpaired) electrons. The summed E-state index contributed by atoms with van der Waals surface area (Å²) in [4.78, 5) is 2.55. The van der Waals surface area contributed by atoms with E-state index in [4.69, 9.17) is 0 Å². The maximum atomic E-state index is 9.88. The Morgan fingerprint density at radius 2 is 1.45 bits per heavy atom. The summed E-state index contributed by atoms with van der Waals surface area (Å²) >= 11 is 0. The van der Waals surface area contributed by atoms with Crippen LogP contribution in [0.3, 0.4) is 0 Å². The normalized spacial score (nSPS) is 19.4. The summed E-state index contributed by atoms with van der Waals surface area (Å²) in [6, 6.07) is 25.1. The summed E-state index contributed by atoms with van der Waals surface area (Å²) < 4.78 is 4.44. The quantitative estimate of drug-likeness (QED) is 0.0869. The van der Waals surface area contributed by atoms with E-state index in [1.165, 1.54) is 45.1 Å². The maximum absolute atomic E-state index is 9.88. The van der Waals surface area contributed by atoms with E-state index >= 15 is 0 Å².